The van der Waals surface area contributed by atoms with Crippen LogP contribution in [0.15, 0.2) is 24.4 Å². The van der Waals surface area contributed by atoms with Crippen molar-refractivity contribution in [1.82, 2.24) is 5.01 Å². The number of anilines is 1. The number of hydrogen-bond acceptors (Lipinski definition) is 2. The molecule has 16 heavy (non-hydrogen) atoms. The van der Waals surface area contributed by atoms with Crippen LogP contribution in [0.3, 0.4) is 0 Å². The molecule has 5 heteroatoms. The molecule has 1 radical (unpaired) electrons. The second kappa shape index (κ2) is 5.95. The Morgan fingerprint density at radius 3 is 2.56 bits per heavy atom. The van der Waals surface area contributed by atoms with Crippen LogP contribution in [0.4, 0.5) is 14.5 Å². The average molecular weight is 313 g/mol. The van der Waals surface area contributed by atoms with E-state index in [1.807, 2.05) is 12.3 Å². The van der Waals surface area contributed by atoms with E-state index in [2.05, 4.69) is 6.07 Å². The van der Waals surface area contributed by atoms with Crippen molar-refractivity contribution in [3.63, 3.8) is 0 Å². The van der Waals surface area contributed by atoms with Gasteiger partial charge in [-0.1, -0.05) is 0 Å². The standard InChI is InChI=1S/C10H9F2N2.CH3.Rh/c1-13-5-2-6-14(13)10-4-3-8(11)7-9(10)12;;/h2-3,5,7H,6H2,1H3;1H3;/q2*-1;+2. The van der Waals surface area contributed by atoms with Crippen LogP contribution >= 0.6 is 0 Å². The monoisotopic (exact) mass is 313 g/mol. The van der Waals surface area contributed by atoms with Crippen molar-refractivity contribution in [3.8, 4) is 0 Å². The summed E-state index contributed by atoms with van der Waals surface area (Å²) in [5.74, 6) is -1.21. The molecule has 0 saturated carbocycles. The van der Waals surface area contributed by atoms with E-state index in [1.54, 1.807) is 17.1 Å². The summed E-state index contributed by atoms with van der Waals surface area (Å²) in [6.45, 7) is 0.579. The molecular formula is C11H12F2N2Rh. The molecule has 0 aliphatic carbocycles. The molecule has 1 aliphatic heterocycles. The van der Waals surface area contributed by atoms with Gasteiger partial charge in [0, 0.05) is 24.9 Å². The molecule has 2 nitrogen and oxygen atoms in total. The zero-order valence-electron chi connectivity index (χ0n) is 9.00. The van der Waals surface area contributed by atoms with Gasteiger partial charge in [-0.2, -0.15) is 6.07 Å². The summed E-state index contributed by atoms with van der Waals surface area (Å²) < 4.78 is 25.9. The molecular weight excluding hydrogens is 301 g/mol. The Morgan fingerprint density at radius 2 is 2.06 bits per heavy atom. The van der Waals surface area contributed by atoms with E-state index in [0.29, 0.717) is 6.54 Å². The minimum absolute atomic E-state index is 0. The molecule has 1 aromatic carbocycles. The molecule has 89 valence electrons. The Labute approximate surface area is 107 Å². The summed E-state index contributed by atoms with van der Waals surface area (Å²) >= 11 is 0. The molecule has 0 bridgehead atoms. The van der Waals surface area contributed by atoms with Gasteiger partial charge in [-0.05, 0) is 11.8 Å². The molecule has 1 aliphatic rings. The Kier molecular flexibility index (Phi) is 5.59. The Bertz CT molecular complexity index is 382. The first-order valence-electron chi connectivity index (χ1n) is 4.22. The molecule has 0 saturated heterocycles. The predicted octanol–water partition coefficient (Wildman–Crippen LogP) is 2.39. The van der Waals surface area contributed by atoms with Gasteiger partial charge in [0.1, 0.15) is 0 Å². The third-order valence-corrected chi connectivity index (χ3v) is 2.08. The molecule has 2 rings (SSSR count). The van der Waals surface area contributed by atoms with Gasteiger partial charge in [0.15, 0.2) is 0 Å². The number of benzene rings is 1. The molecule has 1 aromatic rings. The van der Waals surface area contributed by atoms with Crippen LogP contribution in [0.1, 0.15) is 0 Å². The summed E-state index contributed by atoms with van der Waals surface area (Å²) in [7, 11) is 1.79. The molecule has 1 heterocycles. The molecule has 0 amide bonds. The zero-order valence-corrected chi connectivity index (χ0v) is 10.6. The Morgan fingerprint density at radius 1 is 1.38 bits per heavy atom. The fourth-order valence-electron chi connectivity index (χ4n) is 1.39. The molecule has 0 spiro atoms. The number of hydrazine groups is 1. The molecule has 0 aromatic heterocycles. The normalized spacial score (nSPS) is 13.4. The topological polar surface area (TPSA) is 6.48 Å². The fourth-order valence-corrected chi connectivity index (χ4v) is 1.39. The van der Waals surface area contributed by atoms with Gasteiger partial charge in [-0.15, -0.1) is 12.1 Å². The van der Waals surface area contributed by atoms with Crippen molar-refractivity contribution in [1.29, 1.82) is 0 Å². The van der Waals surface area contributed by atoms with E-state index >= 15 is 0 Å². The van der Waals surface area contributed by atoms with Crippen molar-refractivity contribution >= 4 is 5.69 Å². The van der Waals surface area contributed by atoms with Crippen LogP contribution < -0.4 is 5.01 Å². The fraction of sp³-hybridized carbons (Fsp3) is 0.182. The zero-order chi connectivity index (χ0) is 10.1. The van der Waals surface area contributed by atoms with Gasteiger partial charge < -0.3 is 12.4 Å². The van der Waals surface area contributed by atoms with Crippen LogP contribution in [0.2, 0.25) is 0 Å². The maximum absolute atomic E-state index is 13.3. The molecule has 0 N–H and O–H groups in total. The largest absolute Gasteiger partial charge is 2.00 e. The van der Waals surface area contributed by atoms with E-state index in [4.69, 9.17) is 0 Å². The van der Waals surface area contributed by atoms with Crippen molar-refractivity contribution < 1.29 is 28.3 Å². The molecule has 0 unspecified atom stereocenters. The Hall–Kier alpha value is -0.957. The van der Waals surface area contributed by atoms with Crippen LogP contribution in [0.5, 0.6) is 0 Å². The van der Waals surface area contributed by atoms with Gasteiger partial charge in [0.05, 0.1) is 6.54 Å². The van der Waals surface area contributed by atoms with Crippen molar-refractivity contribution in [2.45, 2.75) is 0 Å². The minimum atomic E-state index is -0.610. The summed E-state index contributed by atoms with van der Waals surface area (Å²) in [6, 6.07) is 4.56. The summed E-state index contributed by atoms with van der Waals surface area (Å²) in [5, 5.41) is 3.39. The first kappa shape index (κ1) is 15.0. The smallest absolute Gasteiger partial charge is 0.358 e. The van der Waals surface area contributed by atoms with E-state index in [-0.39, 0.29) is 32.6 Å². The number of rotatable bonds is 1. The van der Waals surface area contributed by atoms with Gasteiger partial charge >= 0.3 is 19.5 Å². The maximum atomic E-state index is 13.3. The van der Waals surface area contributed by atoms with Gasteiger partial charge in [0.25, 0.3) is 0 Å². The quantitative estimate of drug-likeness (QED) is 0.580. The number of halogens is 2. The van der Waals surface area contributed by atoms with E-state index in [1.165, 1.54) is 0 Å². The first-order valence-corrected chi connectivity index (χ1v) is 4.22. The summed E-state index contributed by atoms with van der Waals surface area (Å²) in [6.07, 6.45) is 3.70. The van der Waals surface area contributed by atoms with Gasteiger partial charge in [0.2, 0.25) is 0 Å². The van der Waals surface area contributed by atoms with Crippen LogP contribution in [0, 0.1) is 25.1 Å². The van der Waals surface area contributed by atoms with Crippen LogP contribution in [-0.4, -0.2) is 18.6 Å². The van der Waals surface area contributed by atoms with E-state index < -0.39 is 11.6 Å². The average Bonchev–Trinajstić information content (AvgIpc) is 2.52. The number of hydrogen-bond donors (Lipinski definition) is 0. The third-order valence-electron chi connectivity index (χ3n) is 2.08. The predicted molar refractivity (Wildman–Crippen MR) is 55.9 cm³/mol. The first-order chi connectivity index (χ1) is 6.68. The number of nitrogens with zero attached hydrogens (tertiary/aromatic N) is 2. The van der Waals surface area contributed by atoms with Gasteiger partial charge in [-0.3, -0.25) is 13.8 Å². The molecule has 0 atom stereocenters. The van der Waals surface area contributed by atoms with Crippen molar-refractivity contribution in [2.75, 3.05) is 18.6 Å². The second-order valence-corrected chi connectivity index (χ2v) is 3.05. The third kappa shape index (κ3) is 2.79. The van der Waals surface area contributed by atoms with Crippen LogP contribution in [0.25, 0.3) is 0 Å². The van der Waals surface area contributed by atoms with Crippen LogP contribution in [-0.2, 0) is 19.5 Å². The second-order valence-electron chi connectivity index (χ2n) is 3.05. The van der Waals surface area contributed by atoms with E-state index in [0.717, 1.165) is 12.1 Å². The summed E-state index contributed by atoms with van der Waals surface area (Å²) in [5.41, 5.74) is 0.263. The van der Waals surface area contributed by atoms with Crippen molar-refractivity contribution in [2.24, 2.45) is 0 Å². The van der Waals surface area contributed by atoms with Gasteiger partial charge in [-0.25, -0.2) is 0 Å². The minimum Gasteiger partial charge on any atom is -0.358 e. The van der Waals surface area contributed by atoms with E-state index in [9.17, 15) is 8.78 Å². The summed E-state index contributed by atoms with van der Waals surface area (Å²) in [4.78, 5) is 0. The molecule has 0 fully saturated rings. The maximum Gasteiger partial charge on any atom is 2.00 e. The SMILES string of the molecule is CN1C=CCN1c1[c-]cc(F)cc1F.[CH3-].[Rh+2]. The Balaban J connectivity index is 0.00000112. The van der Waals surface area contributed by atoms with Crippen molar-refractivity contribution in [3.05, 3.63) is 49.5 Å².